The smallest absolute Gasteiger partial charge is 0.306 e. The highest BCUT2D eigenvalue weighted by Gasteiger charge is 2.31. The number of hydrogen-bond acceptors (Lipinski definition) is 3. The van der Waals surface area contributed by atoms with E-state index in [-0.39, 0.29) is 24.0 Å². The molecule has 2 atom stereocenters. The monoisotopic (exact) mass is 325 g/mol. The first-order valence-corrected chi connectivity index (χ1v) is 7.74. The molecule has 5 nitrogen and oxygen atoms in total. The van der Waals surface area contributed by atoms with Crippen molar-refractivity contribution in [1.29, 1.82) is 0 Å². The number of halogens is 1. The van der Waals surface area contributed by atoms with Crippen molar-refractivity contribution in [1.82, 2.24) is 5.32 Å². The van der Waals surface area contributed by atoms with Crippen LogP contribution >= 0.6 is 11.6 Å². The number of ether oxygens (including phenoxy) is 1. The van der Waals surface area contributed by atoms with Crippen LogP contribution in [0.4, 0.5) is 0 Å². The Morgan fingerprint density at radius 3 is 2.68 bits per heavy atom. The number of rotatable bonds is 5. The Kier molecular flexibility index (Phi) is 5.29. The number of carboxylic acids is 1. The average molecular weight is 326 g/mol. The van der Waals surface area contributed by atoms with E-state index in [0.29, 0.717) is 35.6 Å². The minimum atomic E-state index is -0.802. The average Bonchev–Trinajstić information content (AvgIpc) is 2.89. The Labute approximate surface area is 134 Å². The van der Waals surface area contributed by atoms with E-state index in [1.807, 2.05) is 13.8 Å². The lowest BCUT2D eigenvalue weighted by Gasteiger charge is -2.17. The second kappa shape index (κ2) is 7.01. The standard InChI is InChI=1S/C16H20ClNO4/c1-9(2)22-14-6-4-11(17)8-13(14)15(19)18-12-5-3-10(7-12)16(20)21/h4,6,8-10,12H,3,5,7H2,1-2H3,(H,18,19)(H,20,21)/t10-,12+/m0/s1. The highest BCUT2D eigenvalue weighted by Crippen LogP contribution is 2.28. The molecule has 0 bridgehead atoms. The molecule has 1 aliphatic rings. The van der Waals surface area contributed by atoms with Crippen molar-refractivity contribution < 1.29 is 19.4 Å². The number of carbonyl (C=O) groups excluding carboxylic acids is 1. The van der Waals surface area contributed by atoms with E-state index in [2.05, 4.69) is 5.32 Å². The molecule has 1 aromatic rings. The molecule has 0 radical (unpaired) electrons. The molecule has 120 valence electrons. The van der Waals surface area contributed by atoms with Crippen LogP contribution in [0, 0.1) is 5.92 Å². The Balaban J connectivity index is 2.09. The van der Waals surface area contributed by atoms with Gasteiger partial charge in [0.25, 0.3) is 5.91 Å². The van der Waals surface area contributed by atoms with Gasteiger partial charge in [0.05, 0.1) is 17.6 Å². The van der Waals surface area contributed by atoms with Crippen LogP contribution < -0.4 is 10.1 Å². The van der Waals surface area contributed by atoms with Crippen LogP contribution in [-0.2, 0) is 4.79 Å². The van der Waals surface area contributed by atoms with E-state index in [1.165, 1.54) is 0 Å². The third-order valence-corrected chi connectivity index (χ3v) is 3.90. The molecule has 0 heterocycles. The number of carbonyl (C=O) groups is 2. The van der Waals surface area contributed by atoms with Crippen molar-refractivity contribution in [3.63, 3.8) is 0 Å². The first-order valence-electron chi connectivity index (χ1n) is 7.36. The molecule has 0 spiro atoms. The summed E-state index contributed by atoms with van der Waals surface area (Å²) in [5, 5.41) is 12.3. The fraction of sp³-hybridized carbons (Fsp3) is 0.500. The van der Waals surface area contributed by atoms with Gasteiger partial charge < -0.3 is 15.2 Å². The van der Waals surface area contributed by atoms with Gasteiger partial charge >= 0.3 is 5.97 Å². The van der Waals surface area contributed by atoms with Crippen LogP contribution in [-0.4, -0.2) is 29.1 Å². The quantitative estimate of drug-likeness (QED) is 0.872. The number of benzene rings is 1. The summed E-state index contributed by atoms with van der Waals surface area (Å²) in [6.45, 7) is 3.76. The third-order valence-electron chi connectivity index (χ3n) is 3.67. The maximum absolute atomic E-state index is 12.4. The van der Waals surface area contributed by atoms with Gasteiger partial charge in [0.15, 0.2) is 0 Å². The van der Waals surface area contributed by atoms with Crippen LogP contribution in [0.25, 0.3) is 0 Å². The molecule has 2 rings (SSSR count). The number of carboxylic acid groups (broad SMARTS) is 1. The second-order valence-corrected chi connectivity index (χ2v) is 6.26. The van der Waals surface area contributed by atoms with E-state index in [4.69, 9.17) is 21.4 Å². The van der Waals surface area contributed by atoms with Gasteiger partial charge in [-0.3, -0.25) is 9.59 Å². The zero-order chi connectivity index (χ0) is 16.3. The lowest BCUT2D eigenvalue weighted by atomic mass is 10.1. The predicted molar refractivity (Wildman–Crippen MR) is 83.4 cm³/mol. The van der Waals surface area contributed by atoms with Gasteiger partial charge in [0.2, 0.25) is 0 Å². The van der Waals surface area contributed by atoms with E-state index in [1.54, 1.807) is 18.2 Å². The minimum Gasteiger partial charge on any atom is -0.490 e. The normalized spacial score (nSPS) is 20.9. The number of nitrogens with one attached hydrogen (secondary N) is 1. The summed E-state index contributed by atoms with van der Waals surface area (Å²) in [6.07, 6.45) is 1.66. The van der Waals surface area contributed by atoms with E-state index in [0.717, 1.165) is 0 Å². The maximum atomic E-state index is 12.4. The molecule has 1 saturated carbocycles. The fourth-order valence-corrected chi connectivity index (χ4v) is 2.81. The molecule has 0 aliphatic heterocycles. The molecule has 22 heavy (non-hydrogen) atoms. The van der Waals surface area contributed by atoms with Gasteiger partial charge in [-0.05, 0) is 51.3 Å². The predicted octanol–water partition coefficient (Wildman–Crippen LogP) is 3.11. The molecular formula is C16H20ClNO4. The highest BCUT2D eigenvalue weighted by molar-refractivity contribution is 6.31. The Bertz CT molecular complexity index is 573. The summed E-state index contributed by atoms with van der Waals surface area (Å²) in [4.78, 5) is 23.4. The van der Waals surface area contributed by atoms with E-state index >= 15 is 0 Å². The summed E-state index contributed by atoms with van der Waals surface area (Å²) in [5.74, 6) is -0.988. The van der Waals surface area contributed by atoms with Crippen LogP contribution in [0.1, 0.15) is 43.5 Å². The first-order chi connectivity index (χ1) is 10.4. The van der Waals surface area contributed by atoms with Crippen molar-refractivity contribution in [2.24, 2.45) is 5.92 Å². The largest absolute Gasteiger partial charge is 0.490 e. The number of hydrogen-bond donors (Lipinski definition) is 2. The van der Waals surface area contributed by atoms with Crippen molar-refractivity contribution in [2.45, 2.75) is 45.3 Å². The van der Waals surface area contributed by atoms with E-state index in [9.17, 15) is 9.59 Å². The molecule has 1 aliphatic carbocycles. The summed E-state index contributed by atoms with van der Waals surface area (Å²) >= 11 is 5.97. The lowest BCUT2D eigenvalue weighted by Crippen LogP contribution is -2.33. The minimum absolute atomic E-state index is 0.0596. The lowest BCUT2D eigenvalue weighted by molar-refractivity contribution is -0.141. The summed E-state index contributed by atoms with van der Waals surface area (Å²) in [5.41, 5.74) is 0.375. The van der Waals surface area contributed by atoms with Gasteiger partial charge in [-0.2, -0.15) is 0 Å². The molecule has 6 heteroatoms. The third kappa shape index (κ3) is 4.13. The molecule has 1 aromatic carbocycles. The molecule has 1 amide bonds. The zero-order valence-electron chi connectivity index (χ0n) is 12.6. The Morgan fingerprint density at radius 1 is 1.36 bits per heavy atom. The topological polar surface area (TPSA) is 75.6 Å². The first kappa shape index (κ1) is 16.6. The SMILES string of the molecule is CC(C)Oc1ccc(Cl)cc1C(=O)N[C@@H]1CC[C@H](C(=O)O)C1. The Morgan fingerprint density at radius 2 is 2.09 bits per heavy atom. The van der Waals surface area contributed by atoms with Crippen molar-refractivity contribution in [3.8, 4) is 5.75 Å². The van der Waals surface area contributed by atoms with E-state index < -0.39 is 5.97 Å². The molecule has 1 fully saturated rings. The summed E-state index contributed by atoms with van der Waals surface area (Å²) in [7, 11) is 0. The van der Waals surface area contributed by atoms with Gasteiger partial charge in [-0.25, -0.2) is 0 Å². The maximum Gasteiger partial charge on any atom is 0.306 e. The van der Waals surface area contributed by atoms with Crippen molar-refractivity contribution in [2.75, 3.05) is 0 Å². The molecular weight excluding hydrogens is 306 g/mol. The van der Waals surface area contributed by atoms with Crippen LogP contribution in [0.5, 0.6) is 5.75 Å². The van der Waals surface area contributed by atoms with Crippen LogP contribution in [0.2, 0.25) is 5.02 Å². The number of aliphatic carboxylic acids is 1. The molecule has 0 aromatic heterocycles. The molecule has 2 N–H and O–H groups in total. The van der Waals surface area contributed by atoms with Crippen molar-refractivity contribution in [3.05, 3.63) is 28.8 Å². The summed E-state index contributed by atoms with van der Waals surface area (Å²) in [6, 6.07) is 4.79. The Hall–Kier alpha value is -1.75. The van der Waals surface area contributed by atoms with Crippen molar-refractivity contribution >= 4 is 23.5 Å². The summed E-state index contributed by atoms with van der Waals surface area (Å²) < 4.78 is 5.63. The fourth-order valence-electron chi connectivity index (χ4n) is 2.64. The highest BCUT2D eigenvalue weighted by atomic mass is 35.5. The zero-order valence-corrected chi connectivity index (χ0v) is 13.4. The van der Waals surface area contributed by atoms with Crippen LogP contribution in [0.15, 0.2) is 18.2 Å². The number of amides is 1. The van der Waals surface area contributed by atoms with Gasteiger partial charge in [-0.15, -0.1) is 0 Å². The van der Waals surface area contributed by atoms with Gasteiger partial charge in [-0.1, -0.05) is 11.6 Å². The van der Waals surface area contributed by atoms with Gasteiger partial charge in [0.1, 0.15) is 5.75 Å². The molecule has 0 unspecified atom stereocenters. The van der Waals surface area contributed by atoms with Crippen LogP contribution in [0.3, 0.4) is 0 Å². The second-order valence-electron chi connectivity index (χ2n) is 5.83. The van der Waals surface area contributed by atoms with Gasteiger partial charge in [0, 0.05) is 11.1 Å². The molecule has 0 saturated heterocycles.